The van der Waals surface area contributed by atoms with E-state index in [1.54, 1.807) is 11.0 Å². The fourth-order valence-electron chi connectivity index (χ4n) is 3.95. The number of carbonyl (C=O) groups is 3. The molecule has 1 heterocycles. The average molecular weight is 410 g/mol. The number of imide groups is 1. The molecule has 1 atom stereocenters. The number of likely N-dealkylation sites (N-methyl/N-ethyl adjacent to an activating group) is 1. The number of hydrogen-bond donors (Lipinski definition) is 0. The lowest BCUT2D eigenvalue weighted by molar-refractivity contribution is -0.141. The van der Waals surface area contributed by atoms with Crippen LogP contribution in [0, 0.1) is 5.82 Å². The van der Waals surface area contributed by atoms with Gasteiger partial charge in [-0.15, -0.1) is 0 Å². The Kier molecular flexibility index (Phi) is 6.65. The lowest BCUT2D eigenvalue weighted by Gasteiger charge is -2.30. The maximum absolute atomic E-state index is 14.0. The predicted octanol–water partition coefficient (Wildman–Crippen LogP) is 3.67. The van der Waals surface area contributed by atoms with E-state index in [0.717, 1.165) is 23.3 Å². The largest absolute Gasteiger partial charge is 0.338 e. The van der Waals surface area contributed by atoms with Crippen molar-refractivity contribution in [3.05, 3.63) is 71.5 Å². The molecular formula is C24H27FN2O3. The third kappa shape index (κ3) is 4.42. The van der Waals surface area contributed by atoms with E-state index < -0.39 is 17.1 Å². The summed E-state index contributed by atoms with van der Waals surface area (Å²) in [6.07, 6.45) is 1.46. The minimum atomic E-state index is -1.37. The number of unbranched alkanes of at least 4 members (excludes halogenated alkanes) is 1. The van der Waals surface area contributed by atoms with Crippen LogP contribution in [0.2, 0.25) is 0 Å². The van der Waals surface area contributed by atoms with Gasteiger partial charge in [-0.25, -0.2) is 4.39 Å². The minimum absolute atomic E-state index is 0.134. The summed E-state index contributed by atoms with van der Waals surface area (Å²) in [6, 6.07) is 15.3. The van der Waals surface area contributed by atoms with Crippen LogP contribution in [-0.4, -0.2) is 41.1 Å². The van der Waals surface area contributed by atoms with Crippen LogP contribution in [0.15, 0.2) is 54.6 Å². The number of amides is 3. The second-order valence-corrected chi connectivity index (χ2v) is 7.86. The standard InChI is InChI=1S/C24H27FN2O3/c1-3-4-13-27(17-18-9-6-5-7-10-18)22(29)16-24(15-21(28)26(2)23(24)30)19-11-8-12-20(25)14-19/h5-12,14H,3-4,13,15-17H2,1-2H3/t24-/m0/s1. The SMILES string of the molecule is CCCCN(Cc1ccccc1)C(=O)C[C@]1(c2cccc(F)c2)CC(=O)N(C)C1=O. The van der Waals surface area contributed by atoms with Gasteiger partial charge in [-0.1, -0.05) is 55.8 Å². The van der Waals surface area contributed by atoms with Gasteiger partial charge in [-0.2, -0.15) is 0 Å². The number of benzene rings is 2. The van der Waals surface area contributed by atoms with Gasteiger partial charge in [0.25, 0.3) is 0 Å². The fourth-order valence-corrected chi connectivity index (χ4v) is 3.95. The van der Waals surface area contributed by atoms with Crippen molar-refractivity contribution in [1.82, 2.24) is 9.80 Å². The highest BCUT2D eigenvalue weighted by Gasteiger charge is 2.53. The van der Waals surface area contributed by atoms with Crippen LogP contribution in [0.1, 0.15) is 43.7 Å². The van der Waals surface area contributed by atoms with E-state index in [0.29, 0.717) is 18.7 Å². The molecule has 0 bridgehead atoms. The Morgan fingerprint density at radius 1 is 1.13 bits per heavy atom. The molecule has 30 heavy (non-hydrogen) atoms. The normalized spacial score (nSPS) is 18.7. The molecule has 0 spiro atoms. The second-order valence-electron chi connectivity index (χ2n) is 7.86. The van der Waals surface area contributed by atoms with Crippen molar-refractivity contribution in [2.75, 3.05) is 13.6 Å². The molecule has 1 saturated heterocycles. The zero-order chi connectivity index (χ0) is 21.7. The van der Waals surface area contributed by atoms with Crippen molar-refractivity contribution in [3.63, 3.8) is 0 Å². The number of nitrogens with zero attached hydrogens (tertiary/aromatic N) is 2. The van der Waals surface area contributed by atoms with E-state index in [2.05, 4.69) is 0 Å². The molecule has 6 heteroatoms. The van der Waals surface area contributed by atoms with Crippen LogP contribution in [0.5, 0.6) is 0 Å². The maximum atomic E-state index is 14.0. The Hall–Kier alpha value is -3.02. The highest BCUT2D eigenvalue weighted by atomic mass is 19.1. The summed E-state index contributed by atoms with van der Waals surface area (Å²) >= 11 is 0. The van der Waals surface area contributed by atoms with Gasteiger partial charge in [0.1, 0.15) is 5.82 Å². The topological polar surface area (TPSA) is 57.7 Å². The summed E-state index contributed by atoms with van der Waals surface area (Å²) in [7, 11) is 1.41. The fraction of sp³-hybridized carbons (Fsp3) is 0.375. The van der Waals surface area contributed by atoms with Gasteiger partial charge in [0.2, 0.25) is 17.7 Å². The van der Waals surface area contributed by atoms with Gasteiger partial charge in [0.05, 0.1) is 5.41 Å². The minimum Gasteiger partial charge on any atom is -0.338 e. The zero-order valence-corrected chi connectivity index (χ0v) is 17.4. The van der Waals surface area contributed by atoms with Crippen LogP contribution in [0.4, 0.5) is 4.39 Å². The molecule has 2 aromatic rings. The van der Waals surface area contributed by atoms with E-state index in [9.17, 15) is 18.8 Å². The number of halogens is 1. The van der Waals surface area contributed by atoms with Crippen LogP contribution in [0.25, 0.3) is 0 Å². The van der Waals surface area contributed by atoms with Crippen molar-refractivity contribution in [1.29, 1.82) is 0 Å². The van der Waals surface area contributed by atoms with Crippen LogP contribution >= 0.6 is 0 Å². The van der Waals surface area contributed by atoms with E-state index in [-0.39, 0.29) is 24.7 Å². The first-order chi connectivity index (χ1) is 14.4. The molecule has 0 N–H and O–H groups in total. The molecule has 0 unspecified atom stereocenters. The van der Waals surface area contributed by atoms with Crippen molar-refractivity contribution in [2.24, 2.45) is 0 Å². The Balaban J connectivity index is 1.93. The third-order valence-electron chi connectivity index (χ3n) is 5.72. The molecular weight excluding hydrogens is 383 g/mol. The lowest BCUT2D eigenvalue weighted by Crippen LogP contribution is -2.43. The van der Waals surface area contributed by atoms with Gasteiger partial charge in [0.15, 0.2) is 0 Å². The van der Waals surface area contributed by atoms with Crippen molar-refractivity contribution in [2.45, 2.75) is 44.6 Å². The Morgan fingerprint density at radius 2 is 1.87 bits per heavy atom. The molecule has 5 nitrogen and oxygen atoms in total. The second kappa shape index (κ2) is 9.20. The van der Waals surface area contributed by atoms with E-state index in [1.165, 1.54) is 25.2 Å². The molecule has 3 rings (SSSR count). The highest BCUT2D eigenvalue weighted by Crippen LogP contribution is 2.40. The number of hydrogen-bond acceptors (Lipinski definition) is 3. The smallest absolute Gasteiger partial charge is 0.240 e. The van der Waals surface area contributed by atoms with Gasteiger partial charge in [-0.3, -0.25) is 19.3 Å². The number of likely N-dealkylation sites (tertiary alicyclic amines) is 1. The highest BCUT2D eigenvalue weighted by molar-refractivity contribution is 6.10. The van der Waals surface area contributed by atoms with E-state index in [4.69, 9.17) is 0 Å². The van der Waals surface area contributed by atoms with Crippen LogP contribution in [0.3, 0.4) is 0 Å². The lowest BCUT2D eigenvalue weighted by atomic mass is 9.75. The van der Waals surface area contributed by atoms with Crippen LogP contribution < -0.4 is 0 Å². The Morgan fingerprint density at radius 3 is 2.47 bits per heavy atom. The summed E-state index contributed by atoms with van der Waals surface area (Å²) in [5.74, 6) is -1.53. The van der Waals surface area contributed by atoms with Crippen LogP contribution in [-0.2, 0) is 26.3 Å². The van der Waals surface area contributed by atoms with Gasteiger partial charge < -0.3 is 4.90 Å². The quantitative estimate of drug-likeness (QED) is 0.624. The summed E-state index contributed by atoms with van der Waals surface area (Å²) in [4.78, 5) is 41.6. The molecule has 158 valence electrons. The van der Waals surface area contributed by atoms with Gasteiger partial charge in [0, 0.05) is 33.0 Å². The van der Waals surface area contributed by atoms with Crippen molar-refractivity contribution < 1.29 is 18.8 Å². The summed E-state index contributed by atoms with van der Waals surface area (Å²) < 4.78 is 14.0. The summed E-state index contributed by atoms with van der Waals surface area (Å²) in [5.41, 5.74) is -0.00647. The van der Waals surface area contributed by atoms with Gasteiger partial charge in [-0.05, 0) is 29.7 Å². The molecule has 2 aromatic carbocycles. The molecule has 0 aliphatic carbocycles. The zero-order valence-electron chi connectivity index (χ0n) is 17.4. The molecule has 1 aliphatic heterocycles. The molecule has 3 amide bonds. The molecule has 1 fully saturated rings. The molecule has 0 radical (unpaired) electrons. The van der Waals surface area contributed by atoms with E-state index >= 15 is 0 Å². The Labute approximate surface area is 176 Å². The Bertz CT molecular complexity index is 931. The van der Waals surface area contributed by atoms with Gasteiger partial charge >= 0.3 is 0 Å². The van der Waals surface area contributed by atoms with E-state index in [1.807, 2.05) is 37.3 Å². The average Bonchev–Trinajstić information content (AvgIpc) is 2.96. The number of rotatable bonds is 8. The first-order valence-electron chi connectivity index (χ1n) is 10.3. The van der Waals surface area contributed by atoms with Crippen molar-refractivity contribution in [3.8, 4) is 0 Å². The maximum Gasteiger partial charge on any atom is 0.240 e. The summed E-state index contributed by atoms with van der Waals surface area (Å²) in [5, 5.41) is 0. The monoisotopic (exact) mass is 410 g/mol. The molecule has 0 aromatic heterocycles. The first-order valence-corrected chi connectivity index (χ1v) is 10.3. The third-order valence-corrected chi connectivity index (χ3v) is 5.72. The first kappa shape index (κ1) is 21.7. The summed E-state index contributed by atoms with van der Waals surface area (Å²) in [6.45, 7) is 3.03. The molecule has 1 aliphatic rings. The predicted molar refractivity (Wildman–Crippen MR) is 112 cm³/mol. The number of carbonyl (C=O) groups excluding carboxylic acids is 3. The molecule has 0 saturated carbocycles. The van der Waals surface area contributed by atoms with Crippen molar-refractivity contribution >= 4 is 17.7 Å².